The molecule has 0 unspecified atom stereocenters. The molecule has 0 spiro atoms. The summed E-state index contributed by atoms with van der Waals surface area (Å²) in [6, 6.07) is 6.81. The lowest BCUT2D eigenvalue weighted by Crippen LogP contribution is -2.23. The fourth-order valence-corrected chi connectivity index (χ4v) is 4.89. The number of ketones is 1. The molecule has 0 saturated carbocycles. The van der Waals surface area contributed by atoms with Crippen molar-refractivity contribution in [3.8, 4) is 23.0 Å². The summed E-state index contributed by atoms with van der Waals surface area (Å²) in [4.78, 5) is 38.0. The number of carbonyl (C=O) groups excluding carboxylic acids is 3. The zero-order chi connectivity index (χ0) is 26.5. The Morgan fingerprint density at radius 3 is 2.57 bits per heavy atom. The summed E-state index contributed by atoms with van der Waals surface area (Å²) in [5, 5.41) is 11.5. The number of benzene rings is 2. The molecule has 0 saturated heterocycles. The summed E-state index contributed by atoms with van der Waals surface area (Å²) in [5.74, 6) is -0.600. The quantitative estimate of drug-likeness (QED) is 0.438. The van der Waals surface area contributed by atoms with Gasteiger partial charge in [0.15, 0.2) is 0 Å². The van der Waals surface area contributed by atoms with Crippen molar-refractivity contribution in [2.45, 2.75) is 63.9 Å². The van der Waals surface area contributed by atoms with Crippen LogP contribution in [-0.2, 0) is 14.3 Å². The number of methoxy groups -OCH3 is 2. The molecule has 8 nitrogen and oxygen atoms in total. The normalized spacial score (nSPS) is 20.7. The van der Waals surface area contributed by atoms with E-state index in [1.165, 1.54) is 7.11 Å². The number of rotatable bonds is 3. The number of Topliss-reactive ketones (excluding diaryl/α,β-unsaturated/α-hetero) is 1. The number of phenols is 1. The summed E-state index contributed by atoms with van der Waals surface area (Å²) < 4.78 is 22.1. The van der Waals surface area contributed by atoms with E-state index in [2.05, 4.69) is 0 Å². The first kappa shape index (κ1) is 26.3. The molecule has 0 bridgehead atoms. The molecule has 2 aromatic rings. The molecule has 0 radical (unpaired) electrons. The van der Waals surface area contributed by atoms with E-state index in [0.29, 0.717) is 66.7 Å². The highest BCUT2D eigenvalue weighted by Crippen LogP contribution is 2.49. The summed E-state index contributed by atoms with van der Waals surface area (Å²) >= 11 is 0. The number of carbonyl (C=O) groups is 3. The Bertz CT molecular complexity index is 1230. The zero-order valence-electron chi connectivity index (χ0n) is 21.4. The van der Waals surface area contributed by atoms with Crippen LogP contribution in [-0.4, -0.2) is 43.2 Å². The van der Waals surface area contributed by atoms with Crippen LogP contribution in [0.4, 0.5) is 0 Å². The predicted molar refractivity (Wildman–Crippen MR) is 136 cm³/mol. The highest BCUT2D eigenvalue weighted by molar-refractivity contribution is 5.98. The number of esters is 2. The van der Waals surface area contributed by atoms with Gasteiger partial charge in [-0.05, 0) is 50.3 Å². The lowest BCUT2D eigenvalue weighted by Gasteiger charge is -2.28. The van der Waals surface area contributed by atoms with Gasteiger partial charge in [0.2, 0.25) is 0 Å². The third kappa shape index (κ3) is 5.79. The second-order valence-corrected chi connectivity index (χ2v) is 9.38. The molecule has 0 amide bonds. The molecular formula is C29H32O8. The largest absolute Gasteiger partial charge is 0.507 e. The average molecular weight is 509 g/mol. The molecule has 8 heteroatoms. The topological polar surface area (TPSA) is 108 Å². The summed E-state index contributed by atoms with van der Waals surface area (Å²) in [5.41, 5.74) is 1.38. The molecular weight excluding hydrogens is 476 g/mol. The highest BCUT2D eigenvalue weighted by Gasteiger charge is 2.36. The Kier molecular flexibility index (Phi) is 8.16. The van der Waals surface area contributed by atoms with Crippen molar-refractivity contribution < 1.29 is 38.4 Å². The first-order chi connectivity index (χ1) is 17.8. The van der Waals surface area contributed by atoms with E-state index < -0.39 is 24.0 Å². The van der Waals surface area contributed by atoms with Crippen LogP contribution < -0.4 is 14.2 Å². The van der Waals surface area contributed by atoms with Gasteiger partial charge in [-0.25, -0.2) is 4.79 Å². The molecule has 4 rings (SSSR count). The number of ether oxygens (including phenoxy) is 4. The fraction of sp³-hybridized carbons (Fsp3) is 0.414. The van der Waals surface area contributed by atoms with E-state index >= 15 is 0 Å². The van der Waals surface area contributed by atoms with Crippen molar-refractivity contribution in [3.05, 3.63) is 52.6 Å². The van der Waals surface area contributed by atoms with Crippen LogP contribution in [0.25, 0.3) is 6.08 Å². The van der Waals surface area contributed by atoms with Crippen LogP contribution in [0, 0.1) is 0 Å². The monoisotopic (exact) mass is 508 g/mol. The van der Waals surface area contributed by atoms with Gasteiger partial charge in [-0.1, -0.05) is 18.2 Å². The van der Waals surface area contributed by atoms with E-state index in [-0.39, 0.29) is 29.3 Å². The summed E-state index contributed by atoms with van der Waals surface area (Å²) in [6.45, 7) is 1.77. The number of hydrogen-bond acceptors (Lipinski definition) is 8. The zero-order valence-corrected chi connectivity index (χ0v) is 21.4. The van der Waals surface area contributed by atoms with Gasteiger partial charge in [0.05, 0.1) is 26.7 Å². The Labute approximate surface area is 216 Å². The minimum absolute atomic E-state index is 0.0189. The number of cyclic esters (lactones) is 1. The van der Waals surface area contributed by atoms with Gasteiger partial charge in [0.25, 0.3) is 0 Å². The first-order valence-corrected chi connectivity index (χ1v) is 12.5. The van der Waals surface area contributed by atoms with Crippen LogP contribution in [0.2, 0.25) is 0 Å². The van der Waals surface area contributed by atoms with Crippen LogP contribution in [0.5, 0.6) is 23.0 Å². The average Bonchev–Trinajstić information content (AvgIpc) is 2.86. The number of allylic oxidation sites excluding steroid dienone is 1. The number of aromatic hydroxyl groups is 1. The maximum atomic E-state index is 13.3. The summed E-state index contributed by atoms with van der Waals surface area (Å²) in [7, 11) is 3.06. The minimum Gasteiger partial charge on any atom is -0.507 e. The molecule has 0 fully saturated rings. The van der Waals surface area contributed by atoms with Crippen LogP contribution in [0.3, 0.4) is 0 Å². The minimum atomic E-state index is -0.673. The van der Waals surface area contributed by atoms with Crippen LogP contribution >= 0.6 is 0 Å². The van der Waals surface area contributed by atoms with Gasteiger partial charge in [-0.2, -0.15) is 0 Å². The van der Waals surface area contributed by atoms with E-state index in [4.69, 9.17) is 18.9 Å². The Morgan fingerprint density at radius 2 is 1.81 bits per heavy atom. The van der Waals surface area contributed by atoms with Crippen molar-refractivity contribution in [1.29, 1.82) is 0 Å². The van der Waals surface area contributed by atoms with Crippen molar-refractivity contribution in [3.63, 3.8) is 0 Å². The molecule has 37 heavy (non-hydrogen) atoms. The lowest BCUT2D eigenvalue weighted by atomic mass is 9.83. The maximum Gasteiger partial charge on any atom is 0.342 e. The van der Waals surface area contributed by atoms with Gasteiger partial charge >= 0.3 is 11.9 Å². The standard InChI is InChI=1S/C29H32O8/c1-17-8-7-11-19(30)10-6-4-5-9-18-14-24-27(28(32)26(18)29(33)36-17)22(16-25(31)37-24)21-13-12-20(34-2)15-23(21)35-3/h5,9,12-15,17,22,32H,4,6-8,10-11,16H2,1-3H3/t17-,22+/m1/s1. The number of phenolic OH excluding ortho intramolecular Hbond substituents is 1. The van der Waals surface area contributed by atoms with Crippen molar-refractivity contribution in [1.82, 2.24) is 0 Å². The number of hydrogen-bond donors (Lipinski definition) is 1. The highest BCUT2D eigenvalue weighted by atomic mass is 16.5. The Hall–Kier alpha value is -3.81. The van der Waals surface area contributed by atoms with Crippen LogP contribution in [0.1, 0.15) is 84.8 Å². The number of fused-ring (bicyclic) bond motifs is 2. The molecule has 2 atom stereocenters. The summed E-state index contributed by atoms with van der Waals surface area (Å²) in [6.07, 6.45) is 6.48. The molecule has 2 aliphatic rings. The molecule has 0 aromatic heterocycles. The molecule has 1 N–H and O–H groups in total. The fourth-order valence-electron chi connectivity index (χ4n) is 4.89. The predicted octanol–water partition coefficient (Wildman–Crippen LogP) is 5.33. The molecule has 2 aromatic carbocycles. The third-order valence-corrected chi connectivity index (χ3v) is 6.79. The second kappa shape index (κ2) is 11.5. The van der Waals surface area contributed by atoms with Gasteiger partial charge in [0.1, 0.15) is 34.3 Å². The van der Waals surface area contributed by atoms with Gasteiger partial charge in [0, 0.05) is 36.0 Å². The molecule has 2 aliphatic heterocycles. The van der Waals surface area contributed by atoms with Crippen molar-refractivity contribution in [2.24, 2.45) is 0 Å². The Balaban J connectivity index is 1.84. The Morgan fingerprint density at radius 1 is 1.03 bits per heavy atom. The van der Waals surface area contributed by atoms with E-state index in [9.17, 15) is 19.5 Å². The van der Waals surface area contributed by atoms with E-state index in [1.807, 2.05) is 6.08 Å². The maximum absolute atomic E-state index is 13.3. The van der Waals surface area contributed by atoms with Crippen LogP contribution in [0.15, 0.2) is 30.3 Å². The lowest BCUT2D eigenvalue weighted by molar-refractivity contribution is -0.135. The van der Waals surface area contributed by atoms with Crippen molar-refractivity contribution in [2.75, 3.05) is 14.2 Å². The van der Waals surface area contributed by atoms with Gasteiger partial charge in [-0.15, -0.1) is 0 Å². The van der Waals surface area contributed by atoms with Crippen molar-refractivity contribution >= 4 is 23.8 Å². The SMILES string of the molecule is COc1ccc([C@@H]2CC(=O)Oc3cc4c(c(O)c32)C(=O)O[C@H](C)CCCC(=O)CCCC=C4)c(OC)c1. The smallest absolute Gasteiger partial charge is 0.342 e. The molecule has 2 heterocycles. The molecule has 196 valence electrons. The van der Waals surface area contributed by atoms with Gasteiger partial charge < -0.3 is 24.1 Å². The molecule has 0 aliphatic carbocycles. The van der Waals surface area contributed by atoms with E-state index in [0.717, 1.165) is 0 Å². The second-order valence-electron chi connectivity index (χ2n) is 9.38. The van der Waals surface area contributed by atoms with E-state index in [1.54, 1.807) is 44.4 Å². The first-order valence-electron chi connectivity index (χ1n) is 12.5. The third-order valence-electron chi connectivity index (χ3n) is 6.79. The van der Waals surface area contributed by atoms with Gasteiger partial charge in [-0.3, -0.25) is 9.59 Å².